The predicted octanol–water partition coefficient (Wildman–Crippen LogP) is 2.09. The third-order valence-electron chi connectivity index (χ3n) is 1.98. The quantitative estimate of drug-likeness (QED) is 0.808. The molecule has 0 heterocycles. The molecule has 0 spiro atoms. The summed E-state index contributed by atoms with van der Waals surface area (Å²) in [7, 11) is 1.36. The zero-order valence-corrected chi connectivity index (χ0v) is 8.00. The number of hydrogen-bond acceptors (Lipinski definition) is 2. The third-order valence-corrected chi connectivity index (χ3v) is 1.98. The van der Waals surface area contributed by atoms with Gasteiger partial charge in [-0.15, -0.1) is 0 Å². The lowest BCUT2D eigenvalue weighted by Gasteiger charge is -2.07. The molecule has 0 aromatic heterocycles. The highest BCUT2D eigenvalue weighted by Crippen LogP contribution is 2.23. The second-order valence-electron chi connectivity index (χ2n) is 2.80. The van der Waals surface area contributed by atoms with Crippen molar-refractivity contribution in [2.75, 3.05) is 7.11 Å². The van der Waals surface area contributed by atoms with Crippen LogP contribution in [0.5, 0.6) is 5.75 Å². The first-order valence-electron chi connectivity index (χ1n) is 4.19. The monoisotopic (exact) mass is 198 g/mol. The van der Waals surface area contributed by atoms with Gasteiger partial charge < -0.3 is 9.84 Å². The van der Waals surface area contributed by atoms with E-state index in [0.29, 0.717) is 12.0 Å². The summed E-state index contributed by atoms with van der Waals surface area (Å²) in [6, 6.07) is 2.40. The topological polar surface area (TPSA) is 46.5 Å². The molecule has 76 valence electrons. The van der Waals surface area contributed by atoms with Gasteiger partial charge in [-0.2, -0.15) is 0 Å². The Morgan fingerprint density at radius 1 is 1.57 bits per heavy atom. The molecule has 0 unspecified atom stereocenters. The number of hydrogen-bond donors (Lipinski definition) is 1. The van der Waals surface area contributed by atoms with E-state index in [2.05, 4.69) is 0 Å². The standard InChI is InChI=1S/C10H11FO3/c1-3-6-4-9(14-2)7(10(12)13)5-8(6)11/h4-5H,3H2,1-2H3,(H,12,13). The maximum absolute atomic E-state index is 13.2. The van der Waals surface area contributed by atoms with Crippen molar-refractivity contribution in [2.45, 2.75) is 13.3 Å². The van der Waals surface area contributed by atoms with Crippen LogP contribution in [0.25, 0.3) is 0 Å². The van der Waals surface area contributed by atoms with Crippen LogP contribution in [0.4, 0.5) is 4.39 Å². The Hall–Kier alpha value is -1.58. The summed E-state index contributed by atoms with van der Waals surface area (Å²) in [6.07, 6.45) is 0.502. The second kappa shape index (κ2) is 4.09. The minimum Gasteiger partial charge on any atom is -0.496 e. The Morgan fingerprint density at radius 3 is 2.64 bits per heavy atom. The number of halogens is 1. The Morgan fingerprint density at radius 2 is 2.21 bits per heavy atom. The highest BCUT2D eigenvalue weighted by Gasteiger charge is 2.14. The van der Waals surface area contributed by atoms with Gasteiger partial charge in [0.2, 0.25) is 0 Å². The van der Waals surface area contributed by atoms with Crippen LogP contribution in [0.1, 0.15) is 22.8 Å². The SMILES string of the molecule is CCc1cc(OC)c(C(=O)O)cc1F. The van der Waals surface area contributed by atoms with Gasteiger partial charge in [0.15, 0.2) is 0 Å². The number of aryl methyl sites for hydroxylation is 1. The number of benzene rings is 1. The smallest absolute Gasteiger partial charge is 0.339 e. The molecule has 0 radical (unpaired) electrons. The number of ether oxygens (including phenoxy) is 1. The van der Waals surface area contributed by atoms with E-state index in [1.807, 2.05) is 0 Å². The van der Waals surface area contributed by atoms with E-state index in [1.54, 1.807) is 6.92 Å². The van der Waals surface area contributed by atoms with Gasteiger partial charge in [0.05, 0.1) is 7.11 Å². The molecule has 3 nitrogen and oxygen atoms in total. The third kappa shape index (κ3) is 1.84. The first-order chi connectivity index (χ1) is 6.60. The van der Waals surface area contributed by atoms with Gasteiger partial charge in [0.1, 0.15) is 17.1 Å². The molecule has 0 aliphatic carbocycles. The van der Waals surface area contributed by atoms with Crippen LogP contribution in [0.3, 0.4) is 0 Å². The Kier molecular flexibility index (Phi) is 3.06. The molecule has 0 aliphatic rings. The second-order valence-corrected chi connectivity index (χ2v) is 2.80. The van der Waals surface area contributed by atoms with Gasteiger partial charge in [0, 0.05) is 0 Å². The van der Waals surface area contributed by atoms with E-state index in [-0.39, 0.29) is 11.3 Å². The van der Waals surface area contributed by atoms with Gasteiger partial charge in [-0.1, -0.05) is 6.92 Å². The number of carboxylic acid groups (broad SMARTS) is 1. The average molecular weight is 198 g/mol. The summed E-state index contributed by atoms with van der Waals surface area (Å²) >= 11 is 0. The largest absolute Gasteiger partial charge is 0.496 e. The normalized spacial score (nSPS) is 9.93. The molecule has 0 saturated heterocycles. The number of methoxy groups -OCH3 is 1. The van der Waals surface area contributed by atoms with Gasteiger partial charge in [-0.05, 0) is 24.1 Å². The van der Waals surface area contributed by atoms with Crippen LogP contribution in [-0.2, 0) is 6.42 Å². The summed E-state index contributed by atoms with van der Waals surface area (Å²) < 4.78 is 18.1. The lowest BCUT2D eigenvalue weighted by molar-refractivity contribution is 0.0692. The number of aromatic carboxylic acids is 1. The Labute approximate surface area is 81.1 Å². The van der Waals surface area contributed by atoms with Crippen LogP contribution < -0.4 is 4.74 Å². The van der Waals surface area contributed by atoms with Crippen molar-refractivity contribution in [3.8, 4) is 5.75 Å². The molecule has 0 aliphatic heterocycles. The van der Waals surface area contributed by atoms with Crippen molar-refractivity contribution in [3.63, 3.8) is 0 Å². The molecule has 4 heteroatoms. The van der Waals surface area contributed by atoms with Crippen LogP contribution in [0.2, 0.25) is 0 Å². The molecule has 1 aromatic rings. The van der Waals surface area contributed by atoms with E-state index in [4.69, 9.17) is 9.84 Å². The van der Waals surface area contributed by atoms with E-state index in [9.17, 15) is 9.18 Å². The van der Waals surface area contributed by atoms with Gasteiger partial charge in [-0.3, -0.25) is 0 Å². The molecule has 1 rings (SSSR count). The molecule has 14 heavy (non-hydrogen) atoms. The molecule has 0 atom stereocenters. The van der Waals surface area contributed by atoms with Crippen LogP contribution in [0.15, 0.2) is 12.1 Å². The molecule has 0 amide bonds. The maximum Gasteiger partial charge on any atom is 0.339 e. The predicted molar refractivity (Wildman–Crippen MR) is 49.3 cm³/mol. The van der Waals surface area contributed by atoms with Gasteiger partial charge in [0.25, 0.3) is 0 Å². The summed E-state index contributed by atoms with van der Waals surface area (Å²) in [5, 5.41) is 8.74. The number of carbonyl (C=O) groups is 1. The van der Waals surface area contributed by atoms with Crippen molar-refractivity contribution in [1.82, 2.24) is 0 Å². The average Bonchev–Trinajstić information content (AvgIpc) is 2.17. The fourth-order valence-electron chi connectivity index (χ4n) is 1.20. The Balaban J connectivity index is 3.31. The molecule has 1 aromatic carbocycles. The minimum atomic E-state index is -1.19. The van der Waals surface area contributed by atoms with Crippen molar-refractivity contribution < 1.29 is 19.0 Å². The highest BCUT2D eigenvalue weighted by atomic mass is 19.1. The summed E-state index contributed by atoms with van der Waals surface area (Å²) in [4.78, 5) is 10.7. The molecule has 1 N–H and O–H groups in total. The first kappa shape index (κ1) is 10.5. The van der Waals surface area contributed by atoms with Crippen molar-refractivity contribution in [1.29, 1.82) is 0 Å². The molecular weight excluding hydrogens is 187 g/mol. The zero-order valence-electron chi connectivity index (χ0n) is 8.00. The van der Waals surface area contributed by atoms with Crippen LogP contribution in [0, 0.1) is 5.82 Å². The summed E-state index contributed by atoms with van der Waals surface area (Å²) in [5.74, 6) is -1.51. The van der Waals surface area contributed by atoms with E-state index in [1.165, 1.54) is 13.2 Å². The molecule has 0 fully saturated rings. The lowest BCUT2D eigenvalue weighted by atomic mass is 10.1. The van der Waals surface area contributed by atoms with E-state index in [0.717, 1.165) is 6.07 Å². The summed E-state index contributed by atoms with van der Waals surface area (Å²) in [5.41, 5.74) is 0.300. The minimum absolute atomic E-state index is 0.151. The molecule has 0 saturated carbocycles. The lowest BCUT2D eigenvalue weighted by Crippen LogP contribution is -2.03. The van der Waals surface area contributed by atoms with E-state index >= 15 is 0 Å². The van der Waals surface area contributed by atoms with E-state index < -0.39 is 11.8 Å². The fourth-order valence-corrected chi connectivity index (χ4v) is 1.20. The maximum atomic E-state index is 13.2. The van der Waals surface area contributed by atoms with Gasteiger partial charge >= 0.3 is 5.97 Å². The first-order valence-corrected chi connectivity index (χ1v) is 4.19. The summed E-state index contributed by atoms with van der Waals surface area (Å²) in [6.45, 7) is 1.79. The van der Waals surface area contributed by atoms with Crippen LogP contribution in [-0.4, -0.2) is 18.2 Å². The van der Waals surface area contributed by atoms with Crippen LogP contribution >= 0.6 is 0 Å². The number of rotatable bonds is 3. The molecule has 0 bridgehead atoms. The Bertz CT molecular complexity index is 361. The zero-order chi connectivity index (χ0) is 10.7. The van der Waals surface area contributed by atoms with Crippen molar-refractivity contribution in [2.24, 2.45) is 0 Å². The van der Waals surface area contributed by atoms with Crippen molar-refractivity contribution in [3.05, 3.63) is 29.1 Å². The highest BCUT2D eigenvalue weighted by molar-refractivity contribution is 5.91. The van der Waals surface area contributed by atoms with Crippen molar-refractivity contribution >= 4 is 5.97 Å². The number of carboxylic acids is 1. The molecular formula is C10H11FO3. The fraction of sp³-hybridized carbons (Fsp3) is 0.300. The van der Waals surface area contributed by atoms with Gasteiger partial charge in [-0.25, -0.2) is 9.18 Å².